The first-order valence-electron chi connectivity index (χ1n) is 9.00. The van der Waals surface area contributed by atoms with Crippen LogP contribution >= 0.6 is 0 Å². The number of para-hydroxylation sites is 2. The molecule has 0 heterocycles. The maximum atomic E-state index is 11.0. The van der Waals surface area contributed by atoms with Gasteiger partial charge in [0.15, 0.2) is 5.75 Å². The van der Waals surface area contributed by atoms with Crippen molar-refractivity contribution in [1.82, 2.24) is 0 Å². The summed E-state index contributed by atoms with van der Waals surface area (Å²) in [6, 6.07) is 14.6. The van der Waals surface area contributed by atoms with Crippen molar-refractivity contribution in [3.63, 3.8) is 0 Å². The van der Waals surface area contributed by atoms with Crippen LogP contribution in [0.4, 0.5) is 5.69 Å². The molecule has 0 unspecified atom stereocenters. The first-order valence-corrected chi connectivity index (χ1v) is 9.00. The highest BCUT2D eigenvalue weighted by molar-refractivity contribution is 5.87. The van der Waals surface area contributed by atoms with E-state index in [4.69, 9.17) is 9.84 Å². The zero-order valence-electron chi connectivity index (χ0n) is 15.1. The maximum absolute atomic E-state index is 11.0. The molecular formula is C21H27NO3. The number of hydrogen-bond acceptors (Lipinski definition) is 3. The summed E-state index contributed by atoms with van der Waals surface area (Å²) >= 11 is 0. The molecule has 0 aliphatic rings. The monoisotopic (exact) mass is 341 g/mol. The molecule has 0 spiro atoms. The number of benzene rings is 2. The molecule has 4 nitrogen and oxygen atoms in total. The van der Waals surface area contributed by atoms with E-state index < -0.39 is 5.97 Å². The van der Waals surface area contributed by atoms with Gasteiger partial charge in [0.25, 0.3) is 0 Å². The Morgan fingerprint density at radius 1 is 0.960 bits per heavy atom. The smallest absolute Gasteiger partial charge is 0.335 e. The molecule has 25 heavy (non-hydrogen) atoms. The van der Waals surface area contributed by atoms with Gasteiger partial charge in [0.2, 0.25) is 0 Å². The molecular weight excluding hydrogens is 314 g/mol. The van der Waals surface area contributed by atoms with E-state index in [0.29, 0.717) is 5.75 Å². The third-order valence-electron chi connectivity index (χ3n) is 4.10. The lowest BCUT2D eigenvalue weighted by molar-refractivity contribution is 0.0697. The lowest BCUT2D eigenvalue weighted by atomic mass is 10.2. The molecule has 0 aromatic heterocycles. The molecule has 0 aliphatic carbocycles. The van der Waals surface area contributed by atoms with Gasteiger partial charge in [-0.2, -0.15) is 0 Å². The summed E-state index contributed by atoms with van der Waals surface area (Å²) in [5.41, 5.74) is 1.35. The van der Waals surface area contributed by atoms with Crippen LogP contribution in [0.15, 0.2) is 48.5 Å². The number of hydrogen-bond donors (Lipinski definition) is 1. The largest absolute Gasteiger partial charge is 0.478 e. The Morgan fingerprint density at radius 3 is 2.12 bits per heavy atom. The predicted octanol–water partition coefficient (Wildman–Crippen LogP) is 5.58. The number of nitrogens with zero attached hydrogens (tertiary/aromatic N) is 1. The highest BCUT2D eigenvalue weighted by atomic mass is 16.5. The van der Waals surface area contributed by atoms with Crippen LogP contribution in [-0.2, 0) is 0 Å². The van der Waals surface area contributed by atoms with Crippen molar-refractivity contribution in [2.24, 2.45) is 0 Å². The van der Waals surface area contributed by atoms with Gasteiger partial charge >= 0.3 is 5.97 Å². The Balaban J connectivity index is 2.21. The second-order valence-corrected chi connectivity index (χ2v) is 6.09. The van der Waals surface area contributed by atoms with Crippen molar-refractivity contribution >= 4 is 11.7 Å². The quantitative estimate of drug-likeness (QED) is 0.612. The van der Waals surface area contributed by atoms with E-state index in [1.54, 1.807) is 24.3 Å². The van der Waals surface area contributed by atoms with Gasteiger partial charge in [0, 0.05) is 13.1 Å². The summed E-state index contributed by atoms with van der Waals surface area (Å²) in [7, 11) is 0. The van der Waals surface area contributed by atoms with Crippen molar-refractivity contribution in [1.29, 1.82) is 0 Å². The average molecular weight is 341 g/mol. The zero-order valence-corrected chi connectivity index (χ0v) is 15.1. The summed E-state index contributed by atoms with van der Waals surface area (Å²) < 4.78 is 6.05. The van der Waals surface area contributed by atoms with E-state index in [1.165, 1.54) is 0 Å². The van der Waals surface area contributed by atoms with Crippen LogP contribution in [0.1, 0.15) is 49.9 Å². The van der Waals surface area contributed by atoms with E-state index in [1.807, 2.05) is 18.2 Å². The Kier molecular flexibility index (Phi) is 7.33. The lowest BCUT2D eigenvalue weighted by Crippen LogP contribution is -2.25. The van der Waals surface area contributed by atoms with Crippen LogP contribution in [0, 0.1) is 0 Å². The van der Waals surface area contributed by atoms with Crippen LogP contribution in [0.3, 0.4) is 0 Å². The SMILES string of the molecule is CCCCN(CCCC)c1ccccc1Oc1ccc(C(=O)O)cc1. The minimum atomic E-state index is -0.933. The number of carbonyl (C=O) groups is 1. The number of rotatable bonds is 10. The van der Waals surface area contributed by atoms with Crippen LogP contribution < -0.4 is 9.64 Å². The van der Waals surface area contributed by atoms with Crippen molar-refractivity contribution in [3.05, 3.63) is 54.1 Å². The standard InChI is InChI=1S/C21H27NO3/c1-3-5-15-22(16-6-4-2)19-9-7-8-10-20(19)25-18-13-11-17(12-14-18)21(23)24/h7-14H,3-6,15-16H2,1-2H3,(H,23,24). The molecule has 2 aromatic carbocycles. The van der Waals surface area contributed by atoms with Gasteiger partial charge in [-0.1, -0.05) is 38.8 Å². The summed E-state index contributed by atoms with van der Waals surface area (Å²) in [6.07, 6.45) is 4.60. The van der Waals surface area contributed by atoms with Gasteiger partial charge < -0.3 is 14.7 Å². The molecule has 2 aromatic rings. The molecule has 0 fully saturated rings. The molecule has 0 saturated carbocycles. The summed E-state index contributed by atoms with van der Waals surface area (Å²) in [6.45, 7) is 6.42. The van der Waals surface area contributed by atoms with Gasteiger partial charge in [-0.25, -0.2) is 4.79 Å². The minimum absolute atomic E-state index is 0.258. The van der Waals surface area contributed by atoms with Crippen LogP contribution in [0.25, 0.3) is 0 Å². The molecule has 2 rings (SSSR count). The molecule has 0 radical (unpaired) electrons. The molecule has 0 bridgehead atoms. The Morgan fingerprint density at radius 2 is 1.56 bits per heavy atom. The fourth-order valence-corrected chi connectivity index (χ4v) is 2.65. The topological polar surface area (TPSA) is 49.8 Å². The minimum Gasteiger partial charge on any atom is -0.478 e. The van der Waals surface area contributed by atoms with Gasteiger partial charge in [0.1, 0.15) is 5.75 Å². The third kappa shape index (κ3) is 5.52. The zero-order chi connectivity index (χ0) is 18.1. The van der Waals surface area contributed by atoms with Crippen molar-refractivity contribution in [2.75, 3.05) is 18.0 Å². The highest BCUT2D eigenvalue weighted by Gasteiger charge is 2.12. The van der Waals surface area contributed by atoms with Gasteiger partial charge in [-0.15, -0.1) is 0 Å². The molecule has 0 amide bonds. The fraction of sp³-hybridized carbons (Fsp3) is 0.381. The van der Waals surface area contributed by atoms with Crippen LogP contribution in [0.5, 0.6) is 11.5 Å². The van der Waals surface area contributed by atoms with E-state index in [-0.39, 0.29) is 5.56 Å². The van der Waals surface area contributed by atoms with E-state index in [2.05, 4.69) is 24.8 Å². The first-order chi connectivity index (χ1) is 12.2. The fourth-order valence-electron chi connectivity index (χ4n) is 2.65. The van der Waals surface area contributed by atoms with Crippen LogP contribution in [0.2, 0.25) is 0 Å². The second kappa shape index (κ2) is 9.72. The normalized spacial score (nSPS) is 10.5. The van der Waals surface area contributed by atoms with Gasteiger partial charge in [0.05, 0.1) is 11.3 Å². The van der Waals surface area contributed by atoms with Crippen molar-refractivity contribution in [3.8, 4) is 11.5 Å². The van der Waals surface area contributed by atoms with Crippen LogP contribution in [-0.4, -0.2) is 24.2 Å². The maximum Gasteiger partial charge on any atom is 0.335 e. The summed E-state index contributed by atoms with van der Waals surface area (Å²) in [5.74, 6) is 0.512. The highest BCUT2D eigenvalue weighted by Crippen LogP contribution is 2.32. The number of unbranched alkanes of at least 4 members (excludes halogenated alkanes) is 2. The van der Waals surface area contributed by atoms with E-state index in [0.717, 1.165) is 50.2 Å². The van der Waals surface area contributed by atoms with Gasteiger partial charge in [-0.05, 0) is 49.2 Å². The lowest BCUT2D eigenvalue weighted by Gasteiger charge is -2.26. The molecule has 134 valence electrons. The number of carboxylic acids is 1. The van der Waals surface area contributed by atoms with E-state index >= 15 is 0 Å². The average Bonchev–Trinajstić information content (AvgIpc) is 2.63. The van der Waals surface area contributed by atoms with Crippen molar-refractivity contribution < 1.29 is 14.6 Å². The van der Waals surface area contributed by atoms with Gasteiger partial charge in [-0.3, -0.25) is 0 Å². The van der Waals surface area contributed by atoms with Crippen molar-refractivity contribution in [2.45, 2.75) is 39.5 Å². The Labute approximate surface area is 150 Å². The van der Waals surface area contributed by atoms with E-state index in [9.17, 15) is 4.79 Å². The Hall–Kier alpha value is -2.49. The molecule has 1 N–H and O–H groups in total. The third-order valence-corrected chi connectivity index (χ3v) is 4.10. The number of carboxylic acid groups (broad SMARTS) is 1. The Bertz CT molecular complexity index is 659. The molecule has 4 heteroatoms. The molecule has 0 aliphatic heterocycles. The summed E-state index contributed by atoms with van der Waals surface area (Å²) in [4.78, 5) is 13.4. The number of aromatic carboxylic acids is 1. The number of anilines is 1. The second-order valence-electron chi connectivity index (χ2n) is 6.09. The predicted molar refractivity (Wildman–Crippen MR) is 102 cm³/mol. The molecule has 0 saturated heterocycles. The first kappa shape index (κ1) is 18.8. The number of ether oxygens (including phenoxy) is 1. The summed E-state index contributed by atoms with van der Waals surface area (Å²) in [5, 5.41) is 9.00. The molecule has 0 atom stereocenters.